The van der Waals surface area contributed by atoms with Crippen molar-refractivity contribution in [1.29, 1.82) is 0 Å². The zero-order valence-corrected chi connectivity index (χ0v) is 13.9. The van der Waals surface area contributed by atoms with E-state index in [4.69, 9.17) is 16.3 Å². The highest BCUT2D eigenvalue weighted by molar-refractivity contribution is 6.31. The minimum Gasteiger partial charge on any atom is -0.491 e. The summed E-state index contributed by atoms with van der Waals surface area (Å²) in [6.07, 6.45) is 0.917. The van der Waals surface area contributed by atoms with Gasteiger partial charge in [0.2, 0.25) is 5.91 Å². The highest BCUT2D eigenvalue weighted by atomic mass is 35.5. The van der Waals surface area contributed by atoms with Crippen LogP contribution in [0.3, 0.4) is 0 Å². The van der Waals surface area contributed by atoms with Crippen LogP contribution in [0.2, 0.25) is 5.02 Å². The maximum atomic E-state index is 12.2. The molecule has 2 N–H and O–H groups in total. The lowest BCUT2D eigenvalue weighted by atomic mass is 9.88. The molecule has 1 heterocycles. The van der Waals surface area contributed by atoms with Crippen LogP contribution in [0.5, 0.6) is 5.75 Å². The number of carbonyl (C=O) groups excluding carboxylic acids is 1. The quantitative estimate of drug-likeness (QED) is 0.839. The van der Waals surface area contributed by atoms with E-state index in [1.807, 2.05) is 13.8 Å². The Balaban J connectivity index is 0.00000220. The van der Waals surface area contributed by atoms with E-state index in [2.05, 4.69) is 10.6 Å². The van der Waals surface area contributed by atoms with Gasteiger partial charge in [-0.05, 0) is 43.6 Å². The van der Waals surface area contributed by atoms with Crippen LogP contribution < -0.4 is 15.4 Å². The zero-order chi connectivity index (χ0) is 14.5. The number of hydrogen-bond acceptors (Lipinski definition) is 3. The van der Waals surface area contributed by atoms with Gasteiger partial charge in [-0.2, -0.15) is 0 Å². The SMILES string of the molecule is CCCOc1ccc(Cl)cc1NC(=O)C(C)C1CNC1.Cl. The molecule has 118 valence electrons. The maximum Gasteiger partial charge on any atom is 0.227 e. The fraction of sp³-hybridized carbons (Fsp3) is 0.533. The Hall–Kier alpha value is -0.970. The first kappa shape index (κ1) is 18.1. The van der Waals surface area contributed by atoms with Crippen LogP contribution in [-0.2, 0) is 4.79 Å². The molecule has 0 bridgehead atoms. The van der Waals surface area contributed by atoms with E-state index in [1.54, 1.807) is 18.2 Å². The Labute approximate surface area is 137 Å². The number of benzene rings is 1. The zero-order valence-electron chi connectivity index (χ0n) is 12.3. The van der Waals surface area contributed by atoms with Gasteiger partial charge in [0.25, 0.3) is 0 Å². The second-order valence-corrected chi connectivity index (χ2v) is 5.62. The Bertz CT molecular complexity index is 479. The summed E-state index contributed by atoms with van der Waals surface area (Å²) in [4.78, 5) is 12.2. The first-order chi connectivity index (χ1) is 9.61. The number of hydrogen-bond donors (Lipinski definition) is 2. The molecule has 6 heteroatoms. The van der Waals surface area contributed by atoms with Crippen molar-refractivity contribution in [1.82, 2.24) is 5.32 Å². The van der Waals surface area contributed by atoms with Crippen molar-refractivity contribution >= 4 is 35.6 Å². The molecule has 1 amide bonds. The summed E-state index contributed by atoms with van der Waals surface area (Å²) in [5.74, 6) is 1.08. The molecule has 1 atom stereocenters. The minimum atomic E-state index is -0.0192. The van der Waals surface area contributed by atoms with Crippen LogP contribution in [0.4, 0.5) is 5.69 Å². The van der Waals surface area contributed by atoms with Crippen LogP contribution in [-0.4, -0.2) is 25.6 Å². The Morgan fingerprint density at radius 2 is 2.24 bits per heavy atom. The third-order valence-corrected chi connectivity index (χ3v) is 3.83. The normalized spacial score (nSPS) is 15.6. The summed E-state index contributed by atoms with van der Waals surface area (Å²) in [6, 6.07) is 5.29. The summed E-state index contributed by atoms with van der Waals surface area (Å²) < 4.78 is 5.64. The van der Waals surface area contributed by atoms with Crippen LogP contribution >= 0.6 is 24.0 Å². The lowest BCUT2D eigenvalue weighted by Crippen LogP contribution is -2.48. The molecule has 1 aliphatic rings. The molecule has 0 radical (unpaired) electrons. The maximum absolute atomic E-state index is 12.2. The summed E-state index contributed by atoms with van der Waals surface area (Å²) in [7, 11) is 0. The Kier molecular flexibility index (Phi) is 7.29. The number of nitrogens with one attached hydrogen (secondary N) is 2. The number of rotatable bonds is 6. The molecule has 1 aliphatic heterocycles. The number of halogens is 2. The summed E-state index contributed by atoms with van der Waals surface area (Å²) in [6.45, 7) is 6.43. The average molecular weight is 333 g/mol. The lowest BCUT2D eigenvalue weighted by molar-refractivity contribution is -0.121. The van der Waals surface area contributed by atoms with Crippen molar-refractivity contribution in [2.45, 2.75) is 20.3 Å². The average Bonchev–Trinajstić information content (AvgIpc) is 2.35. The first-order valence-electron chi connectivity index (χ1n) is 7.05. The molecular formula is C15H22Cl2N2O2. The Morgan fingerprint density at radius 1 is 1.52 bits per heavy atom. The second kappa shape index (κ2) is 8.47. The minimum absolute atomic E-state index is 0. The largest absolute Gasteiger partial charge is 0.491 e. The molecule has 1 aromatic carbocycles. The Morgan fingerprint density at radius 3 is 2.81 bits per heavy atom. The van der Waals surface area contributed by atoms with Gasteiger partial charge in [-0.15, -0.1) is 12.4 Å². The molecule has 1 aromatic rings. The number of ether oxygens (including phenoxy) is 1. The predicted octanol–water partition coefficient (Wildman–Crippen LogP) is 3.34. The summed E-state index contributed by atoms with van der Waals surface area (Å²) in [5.41, 5.74) is 0.648. The van der Waals surface area contributed by atoms with Gasteiger partial charge in [0.15, 0.2) is 0 Å². The third-order valence-electron chi connectivity index (χ3n) is 3.59. The van der Waals surface area contributed by atoms with Gasteiger partial charge in [0, 0.05) is 10.9 Å². The fourth-order valence-corrected chi connectivity index (χ4v) is 2.24. The van der Waals surface area contributed by atoms with Gasteiger partial charge in [0.1, 0.15) is 5.75 Å². The van der Waals surface area contributed by atoms with Crippen molar-refractivity contribution < 1.29 is 9.53 Å². The second-order valence-electron chi connectivity index (χ2n) is 5.19. The molecule has 1 fully saturated rings. The van der Waals surface area contributed by atoms with E-state index in [0.29, 0.717) is 29.0 Å². The van der Waals surface area contributed by atoms with E-state index in [1.165, 1.54) is 0 Å². The number of amides is 1. The molecule has 0 spiro atoms. The summed E-state index contributed by atoms with van der Waals surface area (Å²) in [5, 5.41) is 6.70. The van der Waals surface area contributed by atoms with Crippen LogP contribution in [0, 0.1) is 11.8 Å². The van der Waals surface area contributed by atoms with E-state index < -0.39 is 0 Å². The van der Waals surface area contributed by atoms with E-state index in [9.17, 15) is 4.79 Å². The van der Waals surface area contributed by atoms with E-state index >= 15 is 0 Å². The molecule has 0 aliphatic carbocycles. The van der Waals surface area contributed by atoms with Gasteiger partial charge in [-0.1, -0.05) is 25.4 Å². The molecule has 0 aromatic heterocycles. The first-order valence-corrected chi connectivity index (χ1v) is 7.43. The molecule has 2 rings (SSSR count). The predicted molar refractivity (Wildman–Crippen MR) is 88.6 cm³/mol. The van der Waals surface area contributed by atoms with Crippen molar-refractivity contribution in [2.24, 2.45) is 11.8 Å². The fourth-order valence-electron chi connectivity index (χ4n) is 2.06. The van der Waals surface area contributed by atoms with Crippen LogP contribution in [0.25, 0.3) is 0 Å². The molecule has 4 nitrogen and oxygen atoms in total. The monoisotopic (exact) mass is 332 g/mol. The third kappa shape index (κ3) is 4.77. The molecule has 1 unspecified atom stereocenters. The standard InChI is InChI=1S/C15H21ClN2O2.ClH/c1-3-6-20-14-5-4-12(16)7-13(14)18-15(19)10(2)11-8-17-9-11;/h4-5,7,10-11,17H,3,6,8-9H2,1-2H3,(H,18,19);1H. The van der Waals surface area contributed by atoms with Crippen molar-refractivity contribution in [3.05, 3.63) is 23.2 Å². The molecule has 1 saturated heterocycles. The van der Waals surface area contributed by atoms with Gasteiger partial charge in [-0.3, -0.25) is 4.79 Å². The molecule has 21 heavy (non-hydrogen) atoms. The van der Waals surface area contributed by atoms with E-state index in [-0.39, 0.29) is 24.2 Å². The molecule has 0 saturated carbocycles. The summed E-state index contributed by atoms with van der Waals surface area (Å²) >= 11 is 6.00. The van der Waals surface area contributed by atoms with Crippen LogP contribution in [0.15, 0.2) is 18.2 Å². The number of anilines is 1. The van der Waals surface area contributed by atoms with Gasteiger partial charge in [0.05, 0.1) is 12.3 Å². The van der Waals surface area contributed by atoms with Gasteiger partial charge in [-0.25, -0.2) is 0 Å². The smallest absolute Gasteiger partial charge is 0.227 e. The number of carbonyl (C=O) groups is 1. The van der Waals surface area contributed by atoms with Crippen LogP contribution in [0.1, 0.15) is 20.3 Å². The van der Waals surface area contributed by atoms with Gasteiger partial charge < -0.3 is 15.4 Å². The van der Waals surface area contributed by atoms with E-state index in [0.717, 1.165) is 19.5 Å². The van der Waals surface area contributed by atoms with Gasteiger partial charge >= 0.3 is 0 Å². The van der Waals surface area contributed by atoms with Crippen molar-refractivity contribution in [3.63, 3.8) is 0 Å². The highest BCUT2D eigenvalue weighted by Gasteiger charge is 2.29. The van der Waals surface area contributed by atoms with Crippen molar-refractivity contribution in [2.75, 3.05) is 25.0 Å². The topological polar surface area (TPSA) is 50.4 Å². The highest BCUT2D eigenvalue weighted by Crippen LogP contribution is 2.29. The molecular weight excluding hydrogens is 311 g/mol. The van der Waals surface area contributed by atoms with Crippen molar-refractivity contribution in [3.8, 4) is 5.75 Å². The lowest BCUT2D eigenvalue weighted by Gasteiger charge is -2.31.